The minimum atomic E-state index is -0.279. The second kappa shape index (κ2) is 4.41. The zero-order chi connectivity index (χ0) is 12.4. The van der Waals surface area contributed by atoms with Crippen molar-refractivity contribution in [2.75, 3.05) is 5.73 Å². The van der Waals surface area contributed by atoms with E-state index in [1.165, 1.54) is 17.3 Å². The van der Waals surface area contributed by atoms with E-state index in [0.717, 1.165) is 5.56 Å². The number of benzene rings is 1. The summed E-state index contributed by atoms with van der Waals surface area (Å²) in [6.07, 6.45) is 2.01. The number of H-pyrrole nitrogens is 1. The van der Waals surface area contributed by atoms with E-state index < -0.39 is 0 Å². The highest BCUT2D eigenvalue weighted by atomic mass is 16.1. The molecule has 2 rings (SSSR count). The first-order chi connectivity index (χ1) is 8.06. The summed E-state index contributed by atoms with van der Waals surface area (Å²) in [5.41, 5.74) is 8.91. The lowest BCUT2D eigenvalue weighted by Gasteiger charge is -2.05. The molecule has 0 aliphatic heterocycles. The third-order valence-electron chi connectivity index (χ3n) is 2.82. The van der Waals surface area contributed by atoms with Crippen LogP contribution in [0.15, 0.2) is 29.2 Å². The van der Waals surface area contributed by atoms with Gasteiger partial charge in [0.25, 0.3) is 5.56 Å². The van der Waals surface area contributed by atoms with Gasteiger partial charge in [0.05, 0.1) is 6.20 Å². The van der Waals surface area contributed by atoms with Crippen molar-refractivity contribution in [2.24, 2.45) is 0 Å². The van der Waals surface area contributed by atoms with Crippen LogP contribution in [0.1, 0.15) is 22.5 Å². The molecule has 2 aromatic rings. The van der Waals surface area contributed by atoms with Crippen molar-refractivity contribution in [1.29, 1.82) is 0 Å². The highest BCUT2D eigenvalue weighted by Crippen LogP contribution is 2.11. The van der Waals surface area contributed by atoms with Crippen molar-refractivity contribution in [3.8, 4) is 0 Å². The van der Waals surface area contributed by atoms with Gasteiger partial charge in [-0.1, -0.05) is 18.2 Å². The normalized spacial score (nSPS) is 10.5. The van der Waals surface area contributed by atoms with Gasteiger partial charge in [0.1, 0.15) is 11.5 Å². The van der Waals surface area contributed by atoms with Crippen LogP contribution < -0.4 is 11.3 Å². The molecule has 0 saturated carbocycles. The van der Waals surface area contributed by atoms with E-state index >= 15 is 0 Å². The maximum absolute atomic E-state index is 11.3. The third-order valence-corrected chi connectivity index (χ3v) is 2.82. The summed E-state index contributed by atoms with van der Waals surface area (Å²) < 4.78 is 0. The zero-order valence-corrected chi connectivity index (χ0v) is 9.95. The molecule has 1 aromatic heterocycles. The number of hydrogen-bond acceptors (Lipinski definition) is 3. The molecule has 0 amide bonds. The van der Waals surface area contributed by atoms with E-state index in [2.05, 4.69) is 35.9 Å². The standard InChI is InChI=1S/C13H15N3O/c1-8-3-4-10(5-9(8)2)6-12-15-7-11(14)13(17)16-12/h3-5,7H,6,14H2,1-2H3,(H,15,16,17). The monoisotopic (exact) mass is 229 g/mol. The largest absolute Gasteiger partial charge is 0.393 e. The highest BCUT2D eigenvalue weighted by Gasteiger charge is 2.02. The fourth-order valence-electron chi connectivity index (χ4n) is 1.64. The van der Waals surface area contributed by atoms with Crippen molar-refractivity contribution in [1.82, 2.24) is 9.97 Å². The Labute approximate surface area is 99.5 Å². The van der Waals surface area contributed by atoms with Crippen LogP contribution in [0.3, 0.4) is 0 Å². The summed E-state index contributed by atoms with van der Waals surface area (Å²) in [5.74, 6) is 0.632. The van der Waals surface area contributed by atoms with Crippen molar-refractivity contribution >= 4 is 5.69 Å². The minimum Gasteiger partial charge on any atom is -0.393 e. The molecule has 1 aromatic carbocycles. The number of aryl methyl sites for hydroxylation is 2. The van der Waals surface area contributed by atoms with Crippen LogP contribution in [-0.2, 0) is 6.42 Å². The molecule has 0 aliphatic rings. The summed E-state index contributed by atoms with van der Waals surface area (Å²) in [6, 6.07) is 6.21. The van der Waals surface area contributed by atoms with Gasteiger partial charge in [0.2, 0.25) is 0 Å². The number of nitrogen functional groups attached to an aromatic ring is 1. The van der Waals surface area contributed by atoms with Crippen molar-refractivity contribution in [2.45, 2.75) is 20.3 Å². The fourth-order valence-corrected chi connectivity index (χ4v) is 1.64. The van der Waals surface area contributed by atoms with Gasteiger partial charge in [-0.05, 0) is 30.5 Å². The number of anilines is 1. The lowest BCUT2D eigenvalue weighted by molar-refractivity contribution is 0.947. The Balaban J connectivity index is 2.28. The Morgan fingerprint density at radius 3 is 2.71 bits per heavy atom. The van der Waals surface area contributed by atoms with Crippen LogP contribution >= 0.6 is 0 Å². The Hall–Kier alpha value is -2.10. The molecule has 0 unspecified atom stereocenters. The molecule has 0 fully saturated rings. The van der Waals surface area contributed by atoms with Gasteiger partial charge in [0.15, 0.2) is 0 Å². The van der Waals surface area contributed by atoms with Crippen LogP contribution in [0.4, 0.5) is 5.69 Å². The lowest BCUT2D eigenvalue weighted by Crippen LogP contribution is -2.15. The molecule has 0 aliphatic carbocycles. The smallest absolute Gasteiger partial charge is 0.274 e. The number of aromatic amines is 1. The molecular formula is C13H15N3O. The first-order valence-corrected chi connectivity index (χ1v) is 5.46. The Bertz CT molecular complexity index is 602. The number of nitrogens with zero attached hydrogens (tertiary/aromatic N) is 1. The van der Waals surface area contributed by atoms with Gasteiger partial charge in [-0.2, -0.15) is 0 Å². The molecule has 1 heterocycles. The third kappa shape index (κ3) is 2.53. The molecular weight excluding hydrogens is 214 g/mol. The van der Waals surface area contributed by atoms with Gasteiger partial charge >= 0.3 is 0 Å². The number of aromatic nitrogens is 2. The summed E-state index contributed by atoms with van der Waals surface area (Å²) in [7, 11) is 0. The molecule has 0 spiro atoms. The maximum atomic E-state index is 11.3. The first kappa shape index (κ1) is 11.4. The molecule has 3 N–H and O–H groups in total. The second-order valence-electron chi connectivity index (χ2n) is 4.21. The van der Waals surface area contributed by atoms with E-state index in [9.17, 15) is 4.79 Å². The Morgan fingerprint density at radius 1 is 1.29 bits per heavy atom. The Morgan fingerprint density at radius 2 is 2.06 bits per heavy atom. The van der Waals surface area contributed by atoms with Crippen molar-refractivity contribution < 1.29 is 0 Å². The van der Waals surface area contributed by atoms with E-state index in [0.29, 0.717) is 12.2 Å². The number of hydrogen-bond donors (Lipinski definition) is 2. The molecule has 4 nitrogen and oxygen atoms in total. The van der Waals surface area contributed by atoms with Gasteiger partial charge in [0, 0.05) is 6.42 Å². The zero-order valence-electron chi connectivity index (χ0n) is 9.95. The summed E-state index contributed by atoms with van der Waals surface area (Å²) in [4.78, 5) is 18.1. The highest BCUT2D eigenvalue weighted by molar-refractivity contribution is 5.33. The van der Waals surface area contributed by atoms with Crippen molar-refractivity contribution in [3.63, 3.8) is 0 Å². The summed E-state index contributed by atoms with van der Waals surface area (Å²) in [6.45, 7) is 4.14. The molecule has 0 saturated heterocycles. The van der Waals surface area contributed by atoms with Crippen LogP contribution in [0, 0.1) is 13.8 Å². The lowest BCUT2D eigenvalue weighted by atomic mass is 10.0. The fraction of sp³-hybridized carbons (Fsp3) is 0.231. The summed E-state index contributed by atoms with van der Waals surface area (Å²) in [5, 5.41) is 0. The van der Waals surface area contributed by atoms with E-state index in [1.807, 2.05) is 6.07 Å². The first-order valence-electron chi connectivity index (χ1n) is 5.46. The van der Waals surface area contributed by atoms with Crippen LogP contribution in [0.5, 0.6) is 0 Å². The average Bonchev–Trinajstić information content (AvgIpc) is 2.29. The topological polar surface area (TPSA) is 71.8 Å². The van der Waals surface area contributed by atoms with Gasteiger partial charge in [-0.25, -0.2) is 4.98 Å². The predicted octanol–water partition coefficient (Wildman–Crippen LogP) is 1.56. The maximum Gasteiger partial charge on any atom is 0.274 e. The predicted molar refractivity (Wildman–Crippen MR) is 68.0 cm³/mol. The van der Waals surface area contributed by atoms with Gasteiger partial charge in [-0.15, -0.1) is 0 Å². The molecule has 88 valence electrons. The molecule has 0 atom stereocenters. The SMILES string of the molecule is Cc1ccc(Cc2ncc(N)c(=O)[nH]2)cc1C. The second-order valence-corrected chi connectivity index (χ2v) is 4.21. The number of nitrogens with one attached hydrogen (secondary N) is 1. The number of rotatable bonds is 2. The number of nitrogens with two attached hydrogens (primary N) is 1. The van der Waals surface area contributed by atoms with Crippen molar-refractivity contribution in [3.05, 3.63) is 57.3 Å². The van der Waals surface area contributed by atoms with Crippen LogP contribution in [0.2, 0.25) is 0 Å². The van der Waals surface area contributed by atoms with Gasteiger partial charge in [-0.3, -0.25) is 4.79 Å². The molecule has 0 radical (unpaired) electrons. The van der Waals surface area contributed by atoms with E-state index in [-0.39, 0.29) is 11.2 Å². The molecule has 4 heteroatoms. The quantitative estimate of drug-likeness (QED) is 0.820. The van der Waals surface area contributed by atoms with Gasteiger partial charge < -0.3 is 10.7 Å². The minimum absolute atomic E-state index is 0.147. The average molecular weight is 229 g/mol. The van der Waals surface area contributed by atoms with Crippen LogP contribution in [0.25, 0.3) is 0 Å². The summed E-state index contributed by atoms with van der Waals surface area (Å²) >= 11 is 0. The molecule has 0 bridgehead atoms. The van der Waals surface area contributed by atoms with Crippen LogP contribution in [-0.4, -0.2) is 9.97 Å². The molecule has 17 heavy (non-hydrogen) atoms. The van der Waals surface area contributed by atoms with E-state index in [4.69, 9.17) is 5.73 Å². The Kier molecular flexibility index (Phi) is 2.95. The van der Waals surface area contributed by atoms with E-state index in [1.54, 1.807) is 0 Å².